The second kappa shape index (κ2) is 14.0. The van der Waals surface area contributed by atoms with Crippen LogP contribution in [0, 0.1) is 56.2 Å². The van der Waals surface area contributed by atoms with E-state index in [0.29, 0.717) is 35.6 Å². The van der Waals surface area contributed by atoms with Crippen molar-refractivity contribution in [1.29, 1.82) is 0 Å². The number of allylic oxidation sites excluding steroid dienone is 1. The molecule has 10 nitrogen and oxygen atoms in total. The molecule has 1 aliphatic heterocycles. The van der Waals surface area contributed by atoms with Crippen LogP contribution < -0.4 is 0 Å². The fourth-order valence-corrected chi connectivity index (χ4v) is 14.8. The zero-order chi connectivity index (χ0) is 43.8. The fourth-order valence-electron chi connectivity index (χ4n) is 14.7. The van der Waals surface area contributed by atoms with Crippen LogP contribution in [0.4, 0.5) is 4.79 Å². The molecule has 1 saturated heterocycles. The number of carbonyl (C=O) groups is 4. The second-order valence-electron chi connectivity index (χ2n) is 23.5. The third-order valence-corrected chi connectivity index (χ3v) is 18.1. The van der Waals surface area contributed by atoms with Crippen molar-refractivity contribution in [1.82, 2.24) is 14.9 Å². The summed E-state index contributed by atoms with van der Waals surface area (Å²) >= 11 is 6.15. The van der Waals surface area contributed by atoms with Crippen LogP contribution in [0.5, 0.6) is 0 Å². The molecule has 5 saturated carbocycles. The van der Waals surface area contributed by atoms with Crippen molar-refractivity contribution in [3.63, 3.8) is 0 Å². The van der Waals surface area contributed by atoms with Gasteiger partial charge in [0.25, 0.3) is 0 Å². The van der Waals surface area contributed by atoms with Crippen LogP contribution in [-0.4, -0.2) is 63.0 Å². The molecule has 3 unspecified atom stereocenters. The molecule has 7 aliphatic rings. The Morgan fingerprint density at radius 1 is 0.883 bits per heavy atom. The third kappa shape index (κ3) is 6.42. The average Bonchev–Trinajstić information content (AvgIpc) is 3.73. The summed E-state index contributed by atoms with van der Waals surface area (Å²) in [5.41, 5.74) is -0.678. The van der Waals surface area contributed by atoms with Gasteiger partial charge in [-0.15, -0.1) is 0 Å². The summed E-state index contributed by atoms with van der Waals surface area (Å²) in [5.74, 6) is 1.23. The van der Waals surface area contributed by atoms with Gasteiger partial charge in [0.2, 0.25) is 0 Å². The largest absolute Gasteiger partial charge is 0.462 e. The predicted octanol–water partition coefficient (Wildman–Crippen LogP) is 10.6. The zero-order valence-corrected chi connectivity index (χ0v) is 39.1. The van der Waals surface area contributed by atoms with Gasteiger partial charge in [0, 0.05) is 29.6 Å². The maximum absolute atomic E-state index is 14.4. The SMILES string of the molecule is CC(C)C1=C2C3CCC4C(C)(CC[C@H]5C(C)(C)[C@@H](OC(=O)CC(C)(C)C(=O)OC(C)(C)C)CC[C@]45C)[C@]3(C)CC[C@@]2([C@@H]2CN(C3(c4ncc(Cl)cn4)CC3)C(=O)O2)CC1=O. The minimum absolute atomic E-state index is 0.0213. The van der Waals surface area contributed by atoms with Gasteiger partial charge in [-0.05, 0) is 150 Å². The van der Waals surface area contributed by atoms with Crippen LogP contribution in [0.2, 0.25) is 5.02 Å². The van der Waals surface area contributed by atoms with E-state index in [1.807, 2.05) is 25.7 Å². The molecular formula is C49H70ClN3O7. The first-order valence-electron chi connectivity index (χ1n) is 22.9. The number of aromatic nitrogens is 2. The molecule has 2 heterocycles. The summed E-state index contributed by atoms with van der Waals surface area (Å²) in [4.78, 5) is 65.9. The fraction of sp³-hybridized carbons (Fsp3) is 0.796. The van der Waals surface area contributed by atoms with Crippen molar-refractivity contribution >= 4 is 35.4 Å². The van der Waals surface area contributed by atoms with E-state index in [2.05, 4.69) is 58.4 Å². The molecule has 1 aromatic heterocycles. The number of cyclic esters (lactones) is 1. The number of hydrogen-bond donors (Lipinski definition) is 0. The summed E-state index contributed by atoms with van der Waals surface area (Å²) in [6, 6.07) is 0. The van der Waals surface area contributed by atoms with Crippen LogP contribution in [0.15, 0.2) is 23.5 Å². The molecule has 0 N–H and O–H groups in total. The van der Waals surface area contributed by atoms with Crippen LogP contribution in [-0.2, 0) is 34.1 Å². The Bertz CT molecular complexity index is 2000. The van der Waals surface area contributed by atoms with Crippen molar-refractivity contribution in [2.24, 2.45) is 56.2 Å². The highest BCUT2D eigenvalue weighted by Gasteiger charge is 2.72. The number of ketones is 1. The second-order valence-corrected chi connectivity index (χ2v) is 23.9. The average molecular weight is 849 g/mol. The van der Waals surface area contributed by atoms with Crippen molar-refractivity contribution in [3.8, 4) is 0 Å². The van der Waals surface area contributed by atoms with Gasteiger partial charge >= 0.3 is 18.0 Å². The Kier molecular flexibility index (Phi) is 10.2. The lowest BCUT2D eigenvalue weighted by atomic mass is 9.33. The minimum atomic E-state index is -0.991. The van der Waals surface area contributed by atoms with Gasteiger partial charge in [-0.25, -0.2) is 14.8 Å². The third-order valence-electron chi connectivity index (χ3n) is 17.9. The Balaban J connectivity index is 1.05. The highest BCUT2D eigenvalue weighted by Crippen LogP contribution is 2.77. The number of fused-ring (bicyclic) bond motifs is 7. The number of carbonyl (C=O) groups excluding carboxylic acids is 4. The number of nitrogens with zero attached hydrogens (tertiary/aromatic N) is 3. The summed E-state index contributed by atoms with van der Waals surface area (Å²) in [5, 5.41) is 0.460. The number of esters is 2. The van der Waals surface area contributed by atoms with E-state index < -0.39 is 34.0 Å². The molecule has 0 aromatic carbocycles. The van der Waals surface area contributed by atoms with Crippen LogP contribution in [0.1, 0.15) is 166 Å². The van der Waals surface area contributed by atoms with Gasteiger partial charge < -0.3 is 14.2 Å². The first kappa shape index (κ1) is 43.6. The Labute approximate surface area is 363 Å². The van der Waals surface area contributed by atoms with E-state index in [1.165, 1.54) is 5.57 Å². The van der Waals surface area contributed by atoms with Gasteiger partial charge in [0.05, 0.1) is 23.4 Å². The molecule has 330 valence electrons. The lowest BCUT2D eigenvalue weighted by molar-refractivity contribution is -0.235. The number of halogens is 1. The Hall–Kier alpha value is -3.01. The van der Waals surface area contributed by atoms with Gasteiger partial charge in [-0.3, -0.25) is 19.3 Å². The molecule has 60 heavy (non-hydrogen) atoms. The normalized spacial score (nSPS) is 38.1. The number of amides is 1. The number of ether oxygens (including phenoxy) is 3. The monoisotopic (exact) mass is 847 g/mol. The van der Waals surface area contributed by atoms with Crippen molar-refractivity contribution < 1.29 is 33.4 Å². The first-order chi connectivity index (χ1) is 27.8. The quantitative estimate of drug-likeness (QED) is 0.186. The van der Waals surface area contributed by atoms with Crippen molar-refractivity contribution in [2.75, 3.05) is 6.54 Å². The molecular weight excluding hydrogens is 778 g/mol. The summed E-state index contributed by atoms with van der Waals surface area (Å²) < 4.78 is 18.5. The summed E-state index contributed by atoms with van der Waals surface area (Å²) in [7, 11) is 0. The molecule has 1 aromatic rings. The maximum Gasteiger partial charge on any atom is 0.411 e. The topological polar surface area (TPSA) is 125 Å². The minimum Gasteiger partial charge on any atom is -0.462 e. The molecule has 9 atom stereocenters. The molecule has 0 radical (unpaired) electrons. The number of rotatable bonds is 8. The first-order valence-corrected chi connectivity index (χ1v) is 23.3. The van der Waals surface area contributed by atoms with Crippen LogP contribution in [0.3, 0.4) is 0 Å². The zero-order valence-electron chi connectivity index (χ0n) is 38.4. The van der Waals surface area contributed by atoms with Crippen molar-refractivity contribution in [3.05, 3.63) is 34.4 Å². The molecule has 1 amide bonds. The highest BCUT2D eigenvalue weighted by molar-refractivity contribution is 6.30. The van der Waals surface area contributed by atoms with E-state index in [1.54, 1.807) is 26.2 Å². The van der Waals surface area contributed by atoms with E-state index >= 15 is 0 Å². The van der Waals surface area contributed by atoms with Gasteiger partial charge in [-0.1, -0.05) is 60.1 Å². The highest BCUT2D eigenvalue weighted by atomic mass is 35.5. The smallest absolute Gasteiger partial charge is 0.411 e. The van der Waals surface area contributed by atoms with Gasteiger partial charge in [0.1, 0.15) is 23.3 Å². The van der Waals surface area contributed by atoms with E-state index in [9.17, 15) is 19.2 Å². The number of Topliss-reactive ketones (excluding diaryl/α,β-unsaturated/α-hetero) is 1. The molecule has 0 spiro atoms. The van der Waals surface area contributed by atoms with Crippen molar-refractivity contribution in [2.45, 2.75) is 183 Å². The predicted molar refractivity (Wildman–Crippen MR) is 228 cm³/mol. The molecule has 0 bridgehead atoms. The van der Waals surface area contributed by atoms with E-state index in [0.717, 1.165) is 69.8 Å². The molecule has 11 heteroatoms. The molecule has 6 aliphatic carbocycles. The molecule has 6 fully saturated rings. The Morgan fingerprint density at radius 3 is 2.17 bits per heavy atom. The van der Waals surface area contributed by atoms with Crippen LogP contribution in [0.25, 0.3) is 0 Å². The lowest BCUT2D eigenvalue weighted by Crippen LogP contribution is -2.66. The lowest BCUT2D eigenvalue weighted by Gasteiger charge is -2.72. The van der Waals surface area contributed by atoms with Gasteiger partial charge in [-0.2, -0.15) is 0 Å². The molecule has 8 rings (SSSR count). The number of hydrogen-bond acceptors (Lipinski definition) is 9. The summed E-state index contributed by atoms with van der Waals surface area (Å²) in [6.07, 6.45) is 11.9. The Morgan fingerprint density at radius 2 is 1.55 bits per heavy atom. The summed E-state index contributed by atoms with van der Waals surface area (Å²) in [6.45, 7) is 26.0. The van der Waals surface area contributed by atoms with E-state index in [-0.39, 0.29) is 63.9 Å². The maximum atomic E-state index is 14.4. The van der Waals surface area contributed by atoms with Gasteiger partial charge in [0.15, 0.2) is 11.6 Å². The standard InChI is InChI=1S/C49H70ClN3O7/c1-28(2)37-31(54)23-48(35-27-53(41(57)59-35)49(21-22-49)39-51-25-29(50)26-52-39)20-19-46(11)30(38(37)48)13-14-33-45(10)17-16-34(44(8,9)32(45)15-18-47(33,46)12)58-36(55)24-43(6,7)40(56)60-42(3,4)5/h25-26,28,30,32-35H,13-24,27H2,1-12H3/t30?,32-,33?,34-,35-,45-,46+,47?,48-/m0/s1. The van der Waals surface area contributed by atoms with Crippen LogP contribution >= 0.6 is 11.6 Å². The van der Waals surface area contributed by atoms with E-state index in [4.69, 9.17) is 25.8 Å².